The first-order chi connectivity index (χ1) is 23.9. The molecule has 51 heavy (non-hydrogen) atoms. The van der Waals surface area contributed by atoms with Crippen molar-refractivity contribution in [3.63, 3.8) is 0 Å². The Labute approximate surface area is 292 Å². The fourth-order valence-electron chi connectivity index (χ4n) is 9.30. The summed E-state index contributed by atoms with van der Waals surface area (Å²) in [4.78, 5) is 65.5. The van der Waals surface area contributed by atoms with Crippen LogP contribution >= 0.6 is 0 Å². The van der Waals surface area contributed by atoms with E-state index in [-0.39, 0.29) is 43.0 Å². The van der Waals surface area contributed by atoms with E-state index < -0.39 is 88.0 Å². The molecule has 0 amide bonds. The van der Waals surface area contributed by atoms with Gasteiger partial charge in [0.05, 0.1) is 19.3 Å². The molecule has 1 aliphatic heterocycles. The Hall–Kier alpha value is -4.47. The molecule has 0 bridgehead atoms. The van der Waals surface area contributed by atoms with Gasteiger partial charge in [-0.2, -0.15) is 0 Å². The van der Waals surface area contributed by atoms with Crippen LogP contribution in [0.15, 0.2) is 48.1 Å². The number of Topliss-reactive ketones (excluding diaryl/α,β-unsaturated/α-hetero) is 1. The zero-order chi connectivity index (χ0) is 37.1. The lowest BCUT2D eigenvalue weighted by Gasteiger charge is -2.62. The predicted octanol–water partition coefficient (Wildman–Crippen LogP) is 3.81. The lowest BCUT2D eigenvalue weighted by Crippen LogP contribution is -2.69. The quantitative estimate of drug-likeness (QED) is 0.0922. The van der Waals surface area contributed by atoms with Crippen LogP contribution in [0.5, 0.6) is 11.5 Å². The van der Waals surface area contributed by atoms with E-state index in [1.165, 1.54) is 37.5 Å². The maximum absolute atomic E-state index is 17.6. The van der Waals surface area contributed by atoms with Crippen molar-refractivity contribution in [2.45, 2.75) is 82.6 Å². The Morgan fingerprint density at radius 3 is 2.59 bits per heavy atom. The van der Waals surface area contributed by atoms with Gasteiger partial charge in [0.15, 0.2) is 47.6 Å². The predicted molar refractivity (Wildman–Crippen MR) is 173 cm³/mol. The van der Waals surface area contributed by atoms with Crippen molar-refractivity contribution in [1.82, 2.24) is 0 Å². The molecule has 1 heterocycles. The van der Waals surface area contributed by atoms with Crippen LogP contribution in [0.25, 0.3) is 6.08 Å². The highest BCUT2D eigenvalue weighted by Gasteiger charge is 2.80. The van der Waals surface area contributed by atoms with Crippen LogP contribution in [-0.2, 0) is 38.2 Å². The van der Waals surface area contributed by atoms with Gasteiger partial charge in [-0.1, -0.05) is 30.7 Å². The van der Waals surface area contributed by atoms with Crippen molar-refractivity contribution >= 4 is 29.6 Å². The lowest BCUT2D eigenvalue weighted by atomic mass is 9.45. The monoisotopic (exact) mass is 713 g/mol. The average Bonchev–Trinajstić information content (AvgIpc) is 3.48. The zero-order valence-electron chi connectivity index (χ0n) is 28.8. The number of hydrogen-bond donors (Lipinski definition) is 1. The first-order valence-electron chi connectivity index (χ1n) is 16.6. The number of carbonyl (C=O) groups excluding carboxylic acids is 4. The van der Waals surface area contributed by atoms with E-state index in [1.807, 2.05) is 13.0 Å². The summed E-state index contributed by atoms with van der Waals surface area (Å²) in [7, 11) is 1.31. The van der Waals surface area contributed by atoms with Gasteiger partial charge in [0, 0.05) is 29.2 Å². The van der Waals surface area contributed by atoms with Crippen LogP contribution in [0.2, 0.25) is 0 Å². The molecule has 6 rings (SSSR count). The molecular formula is C36H40FNO13. The fraction of sp³-hybridized carbons (Fsp3) is 0.556. The second-order valence-electron chi connectivity index (χ2n) is 14.6. The largest absolute Gasteiger partial charge is 0.493 e. The third-order valence-electron chi connectivity index (χ3n) is 11.5. The van der Waals surface area contributed by atoms with Crippen molar-refractivity contribution < 1.29 is 62.3 Å². The Bertz CT molecular complexity index is 1770. The molecule has 1 aromatic carbocycles. The van der Waals surface area contributed by atoms with E-state index in [0.717, 1.165) is 6.08 Å². The zero-order valence-corrected chi connectivity index (χ0v) is 28.8. The summed E-state index contributed by atoms with van der Waals surface area (Å²) in [6, 6.07) is 4.27. The van der Waals surface area contributed by atoms with Gasteiger partial charge in [-0.05, 0) is 75.8 Å². The maximum Gasteiger partial charge on any atom is 0.337 e. The fourth-order valence-corrected chi connectivity index (χ4v) is 9.30. The van der Waals surface area contributed by atoms with Gasteiger partial charge in [0.1, 0.15) is 0 Å². The molecule has 1 aromatic rings. The molecule has 8 atom stereocenters. The molecule has 5 aliphatic rings. The van der Waals surface area contributed by atoms with Gasteiger partial charge in [-0.25, -0.2) is 14.0 Å². The van der Waals surface area contributed by atoms with Crippen molar-refractivity contribution in [3.05, 3.63) is 63.8 Å². The molecule has 0 spiro atoms. The number of fused-ring (bicyclic) bond motifs is 7. The standard InChI is InChI=1S/C36H40FNO13/c1-32(2)50-29-16-24-23-9-8-21-15-22(39)12-13-33(21,3)35(23,37)27(40)17-34(24,4)36(29,51-32)28(41)18-47-30(42)11-7-20-6-10-25(26(14-20)46-5)49-31(43)19-48-38(44)45/h6-8,10-14,23-24,27,29,40H,9,15-19H2,1-5H3/t23?,24-,27-,29+,33-,34-,35-,36+/m0/s1. The Balaban J connectivity index is 1.19. The highest BCUT2D eigenvalue weighted by atomic mass is 19.1. The highest BCUT2D eigenvalue weighted by Crippen LogP contribution is 2.72. The summed E-state index contributed by atoms with van der Waals surface area (Å²) in [5.41, 5.74) is -4.99. The third kappa shape index (κ3) is 5.75. The SMILES string of the molecule is COc1cc(C=CC(=O)OCC(=O)[C@@]23OC(C)(C)O[C@@H]2C[C@H]2C4CC=C5CC(=O)C=C[C@]5(C)[C@@]4(F)[C@@H](O)C[C@@]23C)ccc1OC(=O)CO[N+](=O)[O-]. The van der Waals surface area contributed by atoms with Crippen molar-refractivity contribution in [1.29, 1.82) is 0 Å². The second-order valence-corrected chi connectivity index (χ2v) is 14.6. The van der Waals surface area contributed by atoms with Crippen LogP contribution < -0.4 is 9.47 Å². The van der Waals surface area contributed by atoms with Gasteiger partial charge >= 0.3 is 11.9 Å². The summed E-state index contributed by atoms with van der Waals surface area (Å²) < 4.78 is 46.0. The number of ketones is 2. The molecule has 274 valence electrons. The minimum atomic E-state index is -2.11. The van der Waals surface area contributed by atoms with Crippen LogP contribution in [0.3, 0.4) is 0 Å². The number of nitrogens with zero attached hydrogens (tertiary/aromatic N) is 1. The molecule has 0 aromatic heterocycles. The summed E-state index contributed by atoms with van der Waals surface area (Å²) >= 11 is 0. The number of hydrogen-bond acceptors (Lipinski definition) is 13. The number of halogens is 1. The number of methoxy groups -OCH3 is 1. The molecule has 4 aliphatic carbocycles. The number of aliphatic hydroxyl groups excluding tert-OH is 1. The number of esters is 2. The molecule has 1 unspecified atom stereocenters. The first-order valence-corrected chi connectivity index (χ1v) is 16.6. The van der Waals surface area contributed by atoms with Crippen LogP contribution in [-0.4, -0.2) is 83.3 Å². The molecule has 0 radical (unpaired) electrons. The van der Waals surface area contributed by atoms with E-state index >= 15 is 4.39 Å². The van der Waals surface area contributed by atoms with E-state index in [9.17, 15) is 34.4 Å². The molecule has 3 fully saturated rings. The third-order valence-corrected chi connectivity index (χ3v) is 11.5. The molecule has 1 saturated heterocycles. The smallest absolute Gasteiger partial charge is 0.337 e. The van der Waals surface area contributed by atoms with Crippen LogP contribution in [0.1, 0.15) is 58.9 Å². The van der Waals surface area contributed by atoms with Gasteiger partial charge in [-0.15, -0.1) is 10.1 Å². The molecular weight excluding hydrogens is 673 g/mol. The van der Waals surface area contributed by atoms with E-state index in [1.54, 1.807) is 26.8 Å². The lowest BCUT2D eigenvalue weighted by molar-refractivity contribution is -0.754. The molecule has 1 N–H and O–H groups in total. The Kier molecular flexibility index (Phi) is 9.00. The van der Waals surface area contributed by atoms with E-state index in [4.69, 9.17) is 23.7 Å². The number of ether oxygens (including phenoxy) is 5. The normalized spacial score (nSPS) is 35.9. The van der Waals surface area contributed by atoms with Gasteiger partial charge < -0.3 is 33.6 Å². The minimum Gasteiger partial charge on any atom is -0.493 e. The first kappa shape index (κ1) is 36.3. The Morgan fingerprint density at radius 2 is 1.88 bits per heavy atom. The van der Waals surface area contributed by atoms with Gasteiger partial charge in [0.2, 0.25) is 5.78 Å². The number of alkyl halides is 1. The highest BCUT2D eigenvalue weighted by molar-refractivity contribution is 5.95. The molecule has 2 saturated carbocycles. The minimum absolute atomic E-state index is 0.0411. The van der Waals surface area contributed by atoms with Gasteiger partial charge in [0.25, 0.3) is 5.09 Å². The van der Waals surface area contributed by atoms with E-state index in [0.29, 0.717) is 11.1 Å². The van der Waals surface area contributed by atoms with Crippen LogP contribution in [0, 0.1) is 32.8 Å². The van der Waals surface area contributed by atoms with E-state index in [2.05, 4.69) is 4.84 Å². The van der Waals surface area contributed by atoms with Crippen molar-refractivity contribution in [2.24, 2.45) is 22.7 Å². The molecule has 14 nitrogen and oxygen atoms in total. The number of carbonyl (C=O) groups is 4. The summed E-state index contributed by atoms with van der Waals surface area (Å²) in [5.74, 6) is -4.89. The average molecular weight is 714 g/mol. The molecule has 15 heteroatoms. The Morgan fingerprint density at radius 1 is 1.14 bits per heavy atom. The van der Waals surface area contributed by atoms with Gasteiger partial charge in [-0.3, -0.25) is 9.59 Å². The van der Waals surface area contributed by atoms with Crippen LogP contribution in [0.4, 0.5) is 4.39 Å². The number of benzene rings is 1. The number of aliphatic hydroxyl groups is 1. The number of rotatable bonds is 10. The summed E-state index contributed by atoms with van der Waals surface area (Å²) in [5, 5.41) is 20.9. The van der Waals surface area contributed by atoms with Crippen molar-refractivity contribution in [3.8, 4) is 11.5 Å². The summed E-state index contributed by atoms with van der Waals surface area (Å²) in [6.45, 7) is 5.28. The van der Waals surface area contributed by atoms with Crippen molar-refractivity contribution in [2.75, 3.05) is 20.3 Å². The maximum atomic E-state index is 17.6. The second kappa shape index (κ2) is 12.6. The number of allylic oxidation sites excluding steroid dienone is 4. The topological polar surface area (TPSA) is 187 Å². The summed E-state index contributed by atoms with van der Waals surface area (Å²) in [6.07, 6.45) is 5.52.